The number of carbonyl (C=O) groups is 1. The number of benzene rings is 2. The molecule has 1 aromatic heterocycles. The van der Waals surface area contributed by atoms with Crippen LogP contribution in [0.3, 0.4) is 0 Å². The van der Waals surface area contributed by atoms with E-state index in [9.17, 15) is 9.18 Å². The molecular formula is C20H20FN3O2. The van der Waals surface area contributed by atoms with Crippen molar-refractivity contribution >= 4 is 11.6 Å². The average Bonchev–Trinajstić information content (AvgIpc) is 3.05. The molecular weight excluding hydrogens is 333 g/mol. The topological polar surface area (TPSA) is 67.0 Å². The summed E-state index contributed by atoms with van der Waals surface area (Å²) in [6.07, 6.45) is 1.63. The van der Waals surface area contributed by atoms with Crippen molar-refractivity contribution in [1.29, 1.82) is 0 Å². The van der Waals surface area contributed by atoms with Crippen LogP contribution in [-0.2, 0) is 6.42 Å². The first-order valence-corrected chi connectivity index (χ1v) is 8.41. The first-order valence-electron chi connectivity index (χ1n) is 8.41. The summed E-state index contributed by atoms with van der Waals surface area (Å²) in [4.78, 5) is 12.7. The van der Waals surface area contributed by atoms with Gasteiger partial charge in [0.05, 0.1) is 18.5 Å². The molecule has 0 spiro atoms. The fourth-order valence-electron chi connectivity index (χ4n) is 2.71. The lowest BCUT2D eigenvalue weighted by Crippen LogP contribution is -2.13. The Morgan fingerprint density at radius 1 is 1.23 bits per heavy atom. The number of nitrogens with zero attached hydrogens (tertiary/aromatic N) is 1. The molecule has 0 bridgehead atoms. The van der Waals surface area contributed by atoms with Gasteiger partial charge < -0.3 is 10.1 Å². The Bertz CT molecular complexity index is 904. The van der Waals surface area contributed by atoms with Crippen molar-refractivity contribution in [3.05, 3.63) is 65.6 Å². The molecule has 3 aromatic rings. The van der Waals surface area contributed by atoms with E-state index >= 15 is 0 Å². The Labute approximate surface area is 151 Å². The summed E-state index contributed by atoms with van der Waals surface area (Å²) in [5, 5.41) is 10.3. The van der Waals surface area contributed by atoms with Gasteiger partial charge in [-0.25, -0.2) is 4.39 Å². The predicted molar refractivity (Wildman–Crippen MR) is 98.9 cm³/mol. The van der Waals surface area contributed by atoms with Gasteiger partial charge in [0.15, 0.2) is 0 Å². The number of methoxy groups -OCH3 is 1. The van der Waals surface area contributed by atoms with E-state index in [4.69, 9.17) is 4.74 Å². The van der Waals surface area contributed by atoms with Crippen molar-refractivity contribution in [3.8, 4) is 17.0 Å². The highest BCUT2D eigenvalue weighted by molar-refractivity contribution is 6.06. The first kappa shape index (κ1) is 17.7. The molecule has 0 atom stereocenters. The van der Waals surface area contributed by atoms with Crippen LogP contribution in [0.15, 0.2) is 48.5 Å². The number of rotatable bonds is 6. The smallest absolute Gasteiger partial charge is 0.255 e. The number of ether oxygens (including phenoxy) is 1. The largest absolute Gasteiger partial charge is 0.497 e. The zero-order valence-corrected chi connectivity index (χ0v) is 14.7. The SMILES string of the molecule is CCCc1[nH]nc(-c2ccc(F)cc2)c1NC(=O)c1cccc(OC)c1. The number of carbonyl (C=O) groups excluding carboxylic acids is 1. The van der Waals surface area contributed by atoms with Crippen molar-refractivity contribution in [1.82, 2.24) is 10.2 Å². The highest BCUT2D eigenvalue weighted by Crippen LogP contribution is 2.30. The molecule has 0 aliphatic rings. The van der Waals surface area contributed by atoms with Crippen molar-refractivity contribution in [2.24, 2.45) is 0 Å². The lowest BCUT2D eigenvalue weighted by atomic mass is 10.1. The minimum Gasteiger partial charge on any atom is -0.497 e. The minimum atomic E-state index is -0.319. The van der Waals surface area contributed by atoms with Crippen LogP contribution in [0.5, 0.6) is 5.75 Å². The van der Waals surface area contributed by atoms with Gasteiger partial charge in [-0.1, -0.05) is 19.4 Å². The van der Waals surface area contributed by atoms with Gasteiger partial charge in [0.1, 0.15) is 17.3 Å². The van der Waals surface area contributed by atoms with Crippen LogP contribution in [0.4, 0.5) is 10.1 Å². The lowest BCUT2D eigenvalue weighted by molar-refractivity contribution is 0.102. The van der Waals surface area contributed by atoms with Gasteiger partial charge in [0.25, 0.3) is 5.91 Å². The van der Waals surface area contributed by atoms with Gasteiger partial charge in [-0.3, -0.25) is 9.89 Å². The molecule has 26 heavy (non-hydrogen) atoms. The van der Waals surface area contributed by atoms with Crippen molar-refractivity contribution in [3.63, 3.8) is 0 Å². The zero-order chi connectivity index (χ0) is 18.5. The third-order valence-corrected chi connectivity index (χ3v) is 4.03. The third-order valence-electron chi connectivity index (χ3n) is 4.03. The lowest BCUT2D eigenvalue weighted by Gasteiger charge is -2.09. The number of anilines is 1. The fraction of sp³-hybridized carbons (Fsp3) is 0.200. The molecule has 2 aromatic carbocycles. The van der Waals surface area contributed by atoms with Gasteiger partial charge in [-0.05, 0) is 48.9 Å². The summed E-state index contributed by atoms with van der Waals surface area (Å²) in [5.74, 6) is 0.0310. The summed E-state index contributed by atoms with van der Waals surface area (Å²) in [6.45, 7) is 2.05. The summed E-state index contributed by atoms with van der Waals surface area (Å²) in [5.41, 5.74) is 3.25. The number of aromatic amines is 1. The van der Waals surface area contributed by atoms with Crippen LogP contribution >= 0.6 is 0 Å². The molecule has 0 aliphatic carbocycles. The monoisotopic (exact) mass is 353 g/mol. The van der Waals surface area contributed by atoms with Crippen LogP contribution in [0, 0.1) is 5.82 Å². The van der Waals surface area contributed by atoms with E-state index in [-0.39, 0.29) is 11.7 Å². The summed E-state index contributed by atoms with van der Waals surface area (Å²) < 4.78 is 18.4. The second-order valence-electron chi connectivity index (χ2n) is 5.87. The van der Waals surface area contributed by atoms with Crippen molar-refractivity contribution < 1.29 is 13.9 Å². The van der Waals surface area contributed by atoms with E-state index in [0.717, 1.165) is 24.1 Å². The highest BCUT2D eigenvalue weighted by atomic mass is 19.1. The normalized spacial score (nSPS) is 10.6. The molecule has 0 fully saturated rings. The molecule has 1 amide bonds. The number of amides is 1. The predicted octanol–water partition coefficient (Wildman–Crippen LogP) is 4.43. The Balaban J connectivity index is 1.95. The zero-order valence-electron chi connectivity index (χ0n) is 14.7. The van der Waals surface area contributed by atoms with Gasteiger partial charge in [0.2, 0.25) is 0 Å². The van der Waals surface area contributed by atoms with E-state index in [1.807, 2.05) is 6.92 Å². The van der Waals surface area contributed by atoms with Crippen molar-refractivity contribution in [2.45, 2.75) is 19.8 Å². The molecule has 0 unspecified atom stereocenters. The molecule has 0 radical (unpaired) electrons. The average molecular weight is 353 g/mol. The number of hydrogen-bond acceptors (Lipinski definition) is 3. The number of aryl methyl sites for hydroxylation is 1. The Kier molecular flexibility index (Phi) is 5.31. The van der Waals surface area contributed by atoms with E-state index in [1.54, 1.807) is 43.5 Å². The van der Waals surface area contributed by atoms with Crippen LogP contribution in [0.25, 0.3) is 11.3 Å². The molecule has 134 valence electrons. The second-order valence-corrected chi connectivity index (χ2v) is 5.87. The molecule has 0 saturated heterocycles. The maximum atomic E-state index is 13.2. The van der Waals surface area contributed by atoms with E-state index in [0.29, 0.717) is 22.7 Å². The Morgan fingerprint density at radius 3 is 2.69 bits per heavy atom. The van der Waals surface area contributed by atoms with E-state index in [2.05, 4.69) is 15.5 Å². The number of aromatic nitrogens is 2. The van der Waals surface area contributed by atoms with Crippen LogP contribution in [0.2, 0.25) is 0 Å². The number of hydrogen-bond donors (Lipinski definition) is 2. The van der Waals surface area contributed by atoms with E-state index < -0.39 is 0 Å². The molecule has 0 saturated carbocycles. The van der Waals surface area contributed by atoms with E-state index in [1.165, 1.54) is 12.1 Å². The van der Waals surface area contributed by atoms with Gasteiger partial charge in [-0.2, -0.15) is 5.10 Å². The third kappa shape index (κ3) is 3.74. The van der Waals surface area contributed by atoms with Crippen LogP contribution < -0.4 is 10.1 Å². The van der Waals surface area contributed by atoms with Crippen LogP contribution in [0.1, 0.15) is 29.4 Å². The minimum absolute atomic E-state index is 0.258. The molecule has 1 heterocycles. The van der Waals surface area contributed by atoms with Gasteiger partial charge in [-0.15, -0.1) is 0 Å². The van der Waals surface area contributed by atoms with Crippen molar-refractivity contribution in [2.75, 3.05) is 12.4 Å². The number of H-pyrrole nitrogens is 1. The highest BCUT2D eigenvalue weighted by Gasteiger charge is 2.18. The molecule has 2 N–H and O–H groups in total. The molecule has 6 heteroatoms. The maximum Gasteiger partial charge on any atom is 0.255 e. The van der Waals surface area contributed by atoms with Crippen LogP contribution in [-0.4, -0.2) is 23.2 Å². The molecule has 3 rings (SSSR count). The fourth-order valence-corrected chi connectivity index (χ4v) is 2.71. The molecule has 5 nitrogen and oxygen atoms in total. The van der Waals surface area contributed by atoms with Gasteiger partial charge in [0, 0.05) is 11.1 Å². The summed E-state index contributed by atoms with van der Waals surface area (Å²) in [7, 11) is 1.55. The summed E-state index contributed by atoms with van der Waals surface area (Å²) >= 11 is 0. The van der Waals surface area contributed by atoms with Gasteiger partial charge >= 0.3 is 0 Å². The molecule has 0 aliphatic heterocycles. The Morgan fingerprint density at radius 2 is 2.00 bits per heavy atom. The maximum absolute atomic E-state index is 13.2. The first-order chi connectivity index (χ1) is 12.6. The number of halogens is 1. The standard InChI is InChI=1S/C20H20FN3O2/c1-3-5-17-19(18(24-23-17)13-8-10-15(21)11-9-13)22-20(25)14-6-4-7-16(12-14)26-2/h4,6-12H,3,5H2,1-2H3,(H,22,25)(H,23,24). The second kappa shape index (κ2) is 7.82. The number of nitrogens with one attached hydrogen (secondary N) is 2. The summed E-state index contributed by atoms with van der Waals surface area (Å²) in [6, 6.07) is 13.0. The Hall–Kier alpha value is -3.15. The quantitative estimate of drug-likeness (QED) is 0.689.